The summed E-state index contributed by atoms with van der Waals surface area (Å²) in [4.78, 5) is 17.2. The smallest absolute Gasteiger partial charge is 0.166 e. The highest BCUT2D eigenvalue weighted by atomic mass is 16.5. The number of nitrogens with zero attached hydrogens (tertiary/aromatic N) is 7. The lowest BCUT2D eigenvalue weighted by molar-refractivity contribution is 0.122. The molecule has 160 valence electrons. The molecular weight excluding hydrogens is 390 g/mol. The molecule has 0 amide bonds. The van der Waals surface area contributed by atoms with Gasteiger partial charge in [-0.15, -0.1) is 0 Å². The van der Waals surface area contributed by atoms with Gasteiger partial charge in [-0.25, -0.2) is 15.0 Å². The zero-order chi connectivity index (χ0) is 21.4. The Morgan fingerprint density at radius 2 is 1.81 bits per heavy atom. The standard InChI is InChI=1S/C23H27N7O/c1-4-19-24-20-22(29-11-13-31-14-12-29)25-21(26-23(20)30(19)5-2)17-8-6-7-16(15-17)18-9-10-28(3)27-18/h6-10,15H,4-5,11-14H2,1-3H3. The maximum Gasteiger partial charge on any atom is 0.166 e. The molecule has 5 rings (SSSR count). The molecule has 1 aromatic carbocycles. The molecule has 0 unspecified atom stereocenters. The monoisotopic (exact) mass is 417 g/mol. The van der Waals surface area contributed by atoms with E-state index in [1.807, 2.05) is 30.1 Å². The van der Waals surface area contributed by atoms with Gasteiger partial charge in [0, 0.05) is 50.4 Å². The number of aromatic nitrogens is 6. The maximum atomic E-state index is 5.57. The van der Waals surface area contributed by atoms with E-state index in [-0.39, 0.29) is 0 Å². The van der Waals surface area contributed by atoms with E-state index in [2.05, 4.69) is 46.6 Å². The zero-order valence-electron chi connectivity index (χ0n) is 18.2. The van der Waals surface area contributed by atoms with Crippen LogP contribution in [0.3, 0.4) is 0 Å². The summed E-state index contributed by atoms with van der Waals surface area (Å²) in [7, 11) is 1.93. The molecule has 3 aromatic heterocycles. The van der Waals surface area contributed by atoms with Gasteiger partial charge in [0.25, 0.3) is 0 Å². The van der Waals surface area contributed by atoms with Gasteiger partial charge in [0.05, 0.1) is 18.9 Å². The van der Waals surface area contributed by atoms with Crippen LogP contribution < -0.4 is 4.90 Å². The molecule has 0 bridgehead atoms. The Morgan fingerprint density at radius 3 is 2.52 bits per heavy atom. The Hall–Kier alpha value is -3.26. The van der Waals surface area contributed by atoms with E-state index in [9.17, 15) is 0 Å². The molecule has 0 radical (unpaired) electrons. The molecule has 1 aliphatic rings. The van der Waals surface area contributed by atoms with Crippen molar-refractivity contribution in [3.63, 3.8) is 0 Å². The van der Waals surface area contributed by atoms with Crippen molar-refractivity contribution in [2.24, 2.45) is 7.05 Å². The first-order chi connectivity index (χ1) is 15.2. The quantitative estimate of drug-likeness (QED) is 0.496. The summed E-state index contributed by atoms with van der Waals surface area (Å²) in [6.07, 6.45) is 2.81. The fourth-order valence-corrected chi connectivity index (χ4v) is 4.14. The highest BCUT2D eigenvalue weighted by Gasteiger charge is 2.22. The van der Waals surface area contributed by atoms with Crippen molar-refractivity contribution in [2.75, 3.05) is 31.2 Å². The number of aryl methyl sites for hydroxylation is 3. The van der Waals surface area contributed by atoms with E-state index in [0.29, 0.717) is 19.0 Å². The van der Waals surface area contributed by atoms with E-state index < -0.39 is 0 Å². The van der Waals surface area contributed by atoms with Gasteiger partial charge in [-0.1, -0.05) is 25.1 Å². The van der Waals surface area contributed by atoms with Crippen LogP contribution in [-0.4, -0.2) is 55.6 Å². The molecule has 0 spiro atoms. The van der Waals surface area contributed by atoms with Crippen LogP contribution in [0.1, 0.15) is 19.7 Å². The predicted molar refractivity (Wildman–Crippen MR) is 121 cm³/mol. The fraction of sp³-hybridized carbons (Fsp3) is 0.391. The third-order valence-corrected chi connectivity index (χ3v) is 5.73. The summed E-state index contributed by atoms with van der Waals surface area (Å²) >= 11 is 0. The normalized spacial score (nSPS) is 14.5. The van der Waals surface area contributed by atoms with E-state index in [1.165, 1.54) is 0 Å². The van der Waals surface area contributed by atoms with E-state index in [4.69, 9.17) is 19.7 Å². The van der Waals surface area contributed by atoms with Crippen molar-refractivity contribution in [1.29, 1.82) is 0 Å². The lowest BCUT2D eigenvalue weighted by Gasteiger charge is -2.28. The minimum atomic E-state index is 0.700. The summed E-state index contributed by atoms with van der Waals surface area (Å²) in [5.41, 5.74) is 4.74. The number of imidazole rings is 1. The Kier molecular flexibility index (Phi) is 5.15. The third-order valence-electron chi connectivity index (χ3n) is 5.73. The van der Waals surface area contributed by atoms with Crippen molar-refractivity contribution in [2.45, 2.75) is 26.8 Å². The number of fused-ring (bicyclic) bond motifs is 1. The van der Waals surface area contributed by atoms with Crippen molar-refractivity contribution in [1.82, 2.24) is 29.3 Å². The minimum absolute atomic E-state index is 0.700. The van der Waals surface area contributed by atoms with Gasteiger partial charge < -0.3 is 14.2 Å². The first-order valence-corrected chi connectivity index (χ1v) is 10.9. The zero-order valence-corrected chi connectivity index (χ0v) is 18.2. The minimum Gasteiger partial charge on any atom is -0.378 e. The molecule has 0 aliphatic carbocycles. The van der Waals surface area contributed by atoms with Crippen LogP contribution in [0.25, 0.3) is 33.8 Å². The summed E-state index contributed by atoms with van der Waals surface area (Å²) in [6, 6.07) is 10.3. The second-order valence-electron chi connectivity index (χ2n) is 7.72. The summed E-state index contributed by atoms with van der Waals surface area (Å²) in [6.45, 7) is 8.10. The highest BCUT2D eigenvalue weighted by molar-refractivity contribution is 5.86. The Labute approximate surface area is 181 Å². The van der Waals surface area contributed by atoms with Crippen LogP contribution in [-0.2, 0) is 24.8 Å². The molecule has 31 heavy (non-hydrogen) atoms. The van der Waals surface area contributed by atoms with Gasteiger partial charge in [-0.3, -0.25) is 4.68 Å². The molecule has 8 nitrogen and oxygen atoms in total. The van der Waals surface area contributed by atoms with Gasteiger partial charge in [0.1, 0.15) is 5.82 Å². The molecule has 8 heteroatoms. The lowest BCUT2D eigenvalue weighted by atomic mass is 10.1. The Bertz CT molecular complexity index is 1220. The van der Waals surface area contributed by atoms with E-state index >= 15 is 0 Å². The number of hydrogen-bond donors (Lipinski definition) is 0. The van der Waals surface area contributed by atoms with E-state index in [1.54, 1.807) is 0 Å². The second kappa shape index (κ2) is 8.11. The van der Waals surface area contributed by atoms with E-state index in [0.717, 1.165) is 65.7 Å². The predicted octanol–water partition coefficient (Wildman–Crippen LogP) is 3.31. The Balaban J connectivity index is 1.68. The highest BCUT2D eigenvalue weighted by Crippen LogP contribution is 2.30. The maximum absolute atomic E-state index is 5.57. The van der Waals surface area contributed by atoms with Crippen molar-refractivity contribution < 1.29 is 4.74 Å². The van der Waals surface area contributed by atoms with Crippen LogP contribution in [0.2, 0.25) is 0 Å². The first kappa shape index (κ1) is 19.7. The number of anilines is 1. The van der Waals surface area contributed by atoms with Gasteiger partial charge in [0.15, 0.2) is 22.8 Å². The number of morpholine rings is 1. The van der Waals surface area contributed by atoms with Crippen molar-refractivity contribution in [3.05, 3.63) is 42.4 Å². The Morgan fingerprint density at radius 1 is 1.00 bits per heavy atom. The van der Waals surface area contributed by atoms with Crippen molar-refractivity contribution in [3.8, 4) is 22.6 Å². The molecule has 0 atom stereocenters. The van der Waals surface area contributed by atoms with Crippen LogP contribution >= 0.6 is 0 Å². The molecule has 1 saturated heterocycles. The van der Waals surface area contributed by atoms with Gasteiger partial charge in [0.2, 0.25) is 0 Å². The van der Waals surface area contributed by atoms with Gasteiger partial charge in [-0.2, -0.15) is 5.10 Å². The molecule has 0 saturated carbocycles. The number of benzene rings is 1. The summed E-state index contributed by atoms with van der Waals surface area (Å²) in [5.74, 6) is 2.65. The molecule has 1 aliphatic heterocycles. The van der Waals surface area contributed by atoms with Crippen LogP contribution in [0.15, 0.2) is 36.5 Å². The SMILES string of the molecule is CCc1nc2c(N3CCOCC3)nc(-c3cccc(-c4ccn(C)n4)c3)nc2n1CC. The topological polar surface area (TPSA) is 73.9 Å². The first-order valence-electron chi connectivity index (χ1n) is 10.9. The molecule has 1 fully saturated rings. The fourth-order valence-electron chi connectivity index (χ4n) is 4.14. The average molecular weight is 418 g/mol. The molecule has 0 N–H and O–H groups in total. The molecule has 4 aromatic rings. The average Bonchev–Trinajstić information content (AvgIpc) is 3.42. The number of hydrogen-bond acceptors (Lipinski definition) is 6. The lowest BCUT2D eigenvalue weighted by Crippen LogP contribution is -2.37. The molecule has 4 heterocycles. The molecular formula is C23H27N7O. The van der Waals surface area contributed by atoms with Gasteiger partial charge in [-0.05, 0) is 19.1 Å². The van der Waals surface area contributed by atoms with Crippen LogP contribution in [0, 0.1) is 0 Å². The summed E-state index contributed by atoms with van der Waals surface area (Å²) < 4.78 is 9.58. The largest absolute Gasteiger partial charge is 0.378 e. The van der Waals surface area contributed by atoms with Crippen LogP contribution in [0.5, 0.6) is 0 Å². The third kappa shape index (κ3) is 3.57. The van der Waals surface area contributed by atoms with Crippen molar-refractivity contribution >= 4 is 17.0 Å². The second-order valence-corrected chi connectivity index (χ2v) is 7.72. The van der Waals surface area contributed by atoms with Gasteiger partial charge >= 0.3 is 0 Å². The number of ether oxygens (including phenoxy) is 1. The van der Waals surface area contributed by atoms with Crippen LogP contribution in [0.4, 0.5) is 5.82 Å². The number of rotatable bonds is 5. The summed E-state index contributed by atoms with van der Waals surface area (Å²) in [5, 5.41) is 4.54.